The van der Waals surface area contributed by atoms with Crippen LogP contribution in [-0.4, -0.2) is 46.5 Å². The van der Waals surface area contributed by atoms with Gasteiger partial charge < -0.3 is 20.1 Å². The van der Waals surface area contributed by atoms with Crippen molar-refractivity contribution in [2.45, 2.75) is 6.54 Å². The second-order valence-electron chi connectivity index (χ2n) is 4.08. The molecule has 0 saturated heterocycles. The Balaban J connectivity index is 2.18. The number of rotatable bonds is 8. The molecule has 5 nitrogen and oxygen atoms in total. The summed E-state index contributed by atoms with van der Waals surface area (Å²) in [4.78, 5) is 4.14. The quantitative estimate of drug-likeness (QED) is 0.435. The summed E-state index contributed by atoms with van der Waals surface area (Å²) in [5, 5.41) is 7.14. The van der Waals surface area contributed by atoms with Crippen molar-refractivity contribution in [3.8, 4) is 0 Å². The fraction of sp³-hybridized carbons (Fsp3) is 0.500. The van der Waals surface area contributed by atoms with E-state index in [2.05, 4.69) is 15.6 Å². The van der Waals surface area contributed by atoms with Gasteiger partial charge in [-0.05, 0) is 17.7 Å². The van der Waals surface area contributed by atoms with Crippen molar-refractivity contribution < 1.29 is 9.47 Å². The number of nitrogens with zero attached hydrogens (tertiary/aromatic N) is 1. The molecule has 1 rings (SSSR count). The Hall–Kier alpha value is -1.30. The number of hydrogen-bond acceptors (Lipinski definition) is 3. The Bertz CT molecular complexity index is 396. The summed E-state index contributed by atoms with van der Waals surface area (Å²) < 4.78 is 10.3. The summed E-state index contributed by atoms with van der Waals surface area (Å²) in [7, 11) is 3.40. The van der Waals surface area contributed by atoms with E-state index in [0.717, 1.165) is 16.5 Å². The first kappa shape index (κ1) is 16.8. The van der Waals surface area contributed by atoms with E-state index in [1.54, 1.807) is 14.2 Å². The molecule has 112 valence electrons. The molecule has 1 aromatic rings. The molecule has 1 aromatic carbocycles. The highest BCUT2D eigenvalue weighted by molar-refractivity contribution is 6.30. The van der Waals surface area contributed by atoms with Crippen molar-refractivity contribution in [3.63, 3.8) is 0 Å². The molecule has 20 heavy (non-hydrogen) atoms. The number of guanidine groups is 1. The van der Waals surface area contributed by atoms with Gasteiger partial charge in [-0.25, -0.2) is 0 Å². The van der Waals surface area contributed by atoms with E-state index in [9.17, 15) is 0 Å². The molecule has 0 saturated carbocycles. The van der Waals surface area contributed by atoms with Crippen molar-refractivity contribution in [2.75, 3.05) is 40.5 Å². The number of nitrogens with one attached hydrogen (secondary N) is 2. The molecule has 0 heterocycles. The van der Waals surface area contributed by atoms with E-state index in [-0.39, 0.29) is 0 Å². The molecule has 2 N–H and O–H groups in total. The van der Waals surface area contributed by atoms with Gasteiger partial charge in [-0.1, -0.05) is 23.7 Å². The van der Waals surface area contributed by atoms with Crippen LogP contribution in [0.5, 0.6) is 0 Å². The molecular weight excluding hydrogens is 278 g/mol. The Morgan fingerprint density at radius 1 is 1.15 bits per heavy atom. The van der Waals surface area contributed by atoms with Crippen molar-refractivity contribution in [1.29, 1.82) is 0 Å². The third-order valence-electron chi connectivity index (χ3n) is 2.57. The molecule has 0 aliphatic heterocycles. The Labute approximate surface area is 125 Å². The van der Waals surface area contributed by atoms with Crippen molar-refractivity contribution in [2.24, 2.45) is 4.99 Å². The van der Waals surface area contributed by atoms with Crippen LogP contribution in [0.1, 0.15) is 5.56 Å². The molecule has 0 spiro atoms. The lowest BCUT2D eigenvalue weighted by Gasteiger charge is -2.12. The zero-order valence-electron chi connectivity index (χ0n) is 12.0. The lowest BCUT2D eigenvalue weighted by Crippen LogP contribution is -2.38. The lowest BCUT2D eigenvalue weighted by atomic mass is 10.2. The highest BCUT2D eigenvalue weighted by Gasteiger charge is 1.98. The molecular formula is C14H22ClN3O2. The van der Waals surface area contributed by atoms with Crippen LogP contribution >= 0.6 is 11.6 Å². The maximum Gasteiger partial charge on any atom is 0.191 e. The molecule has 6 heteroatoms. The van der Waals surface area contributed by atoms with E-state index >= 15 is 0 Å². The first-order chi connectivity index (χ1) is 9.76. The molecule has 0 fully saturated rings. The van der Waals surface area contributed by atoms with Gasteiger partial charge in [0.2, 0.25) is 0 Å². The average Bonchev–Trinajstić information content (AvgIpc) is 2.47. The zero-order valence-corrected chi connectivity index (χ0v) is 12.7. The van der Waals surface area contributed by atoms with E-state index in [1.165, 1.54) is 0 Å². The van der Waals surface area contributed by atoms with Crippen molar-refractivity contribution in [1.82, 2.24) is 10.6 Å². The fourth-order valence-electron chi connectivity index (χ4n) is 1.49. The first-order valence-corrected chi connectivity index (χ1v) is 6.89. The molecule has 0 amide bonds. The normalized spacial score (nSPS) is 11.4. The molecule has 0 atom stereocenters. The number of aliphatic imine (C=N–C) groups is 1. The van der Waals surface area contributed by atoms with Gasteiger partial charge in [0.15, 0.2) is 5.96 Å². The van der Waals surface area contributed by atoms with Gasteiger partial charge in [-0.2, -0.15) is 0 Å². The number of benzene rings is 1. The zero-order chi connectivity index (χ0) is 14.6. The minimum absolute atomic E-state index is 0.606. The summed E-state index contributed by atoms with van der Waals surface area (Å²) in [6.07, 6.45) is 0. The predicted octanol–water partition coefficient (Wildman–Crippen LogP) is 1.67. The number of hydrogen-bond donors (Lipinski definition) is 2. The fourth-order valence-corrected chi connectivity index (χ4v) is 1.62. The average molecular weight is 300 g/mol. The highest BCUT2D eigenvalue weighted by atomic mass is 35.5. The molecule has 0 aliphatic rings. The molecule has 0 bridgehead atoms. The summed E-state index contributed by atoms with van der Waals surface area (Å²) in [5.41, 5.74) is 1.15. The van der Waals surface area contributed by atoms with E-state index < -0.39 is 0 Å². The SMILES string of the molecule is CN=C(NCCOCCOC)NCc1ccc(Cl)cc1. The number of ether oxygens (including phenoxy) is 2. The van der Waals surface area contributed by atoms with E-state index in [0.29, 0.717) is 32.9 Å². The van der Waals surface area contributed by atoms with E-state index in [1.807, 2.05) is 24.3 Å². The second kappa shape index (κ2) is 10.5. The number of halogens is 1. The molecule has 0 radical (unpaired) electrons. The Morgan fingerprint density at radius 3 is 2.55 bits per heavy atom. The highest BCUT2D eigenvalue weighted by Crippen LogP contribution is 2.08. The largest absolute Gasteiger partial charge is 0.382 e. The third kappa shape index (κ3) is 7.33. The number of methoxy groups -OCH3 is 1. The van der Waals surface area contributed by atoms with Crippen molar-refractivity contribution >= 4 is 17.6 Å². The van der Waals surface area contributed by atoms with E-state index in [4.69, 9.17) is 21.1 Å². The molecule has 0 aliphatic carbocycles. The Kier molecular flexibility index (Phi) is 8.78. The van der Waals surface area contributed by atoms with Crippen LogP contribution in [0.4, 0.5) is 0 Å². The summed E-state index contributed by atoms with van der Waals surface area (Å²) in [6.45, 7) is 3.23. The van der Waals surface area contributed by atoms with Gasteiger partial charge in [0, 0.05) is 32.3 Å². The van der Waals surface area contributed by atoms with Crippen molar-refractivity contribution in [3.05, 3.63) is 34.9 Å². The standard InChI is InChI=1S/C14H22ClN3O2/c1-16-14(17-7-8-20-10-9-19-2)18-11-12-3-5-13(15)6-4-12/h3-6H,7-11H2,1-2H3,(H2,16,17,18). The second-order valence-corrected chi connectivity index (χ2v) is 4.52. The van der Waals surface area contributed by atoms with Gasteiger partial charge in [-0.3, -0.25) is 4.99 Å². The van der Waals surface area contributed by atoms with Gasteiger partial charge in [-0.15, -0.1) is 0 Å². The smallest absolute Gasteiger partial charge is 0.191 e. The van der Waals surface area contributed by atoms with Gasteiger partial charge in [0.25, 0.3) is 0 Å². The first-order valence-electron chi connectivity index (χ1n) is 6.52. The van der Waals surface area contributed by atoms with Gasteiger partial charge in [0.1, 0.15) is 0 Å². The van der Waals surface area contributed by atoms with Crippen LogP contribution in [0.3, 0.4) is 0 Å². The Morgan fingerprint density at radius 2 is 1.90 bits per heavy atom. The minimum atomic E-state index is 0.606. The molecule has 0 unspecified atom stereocenters. The molecule has 0 aromatic heterocycles. The summed E-state index contributed by atoms with van der Waals surface area (Å²) in [5.74, 6) is 0.746. The maximum atomic E-state index is 5.84. The van der Waals surface area contributed by atoms with Crippen LogP contribution in [0.2, 0.25) is 5.02 Å². The predicted molar refractivity (Wildman–Crippen MR) is 82.3 cm³/mol. The van der Waals surface area contributed by atoms with Crippen LogP contribution in [0.15, 0.2) is 29.3 Å². The van der Waals surface area contributed by atoms with Gasteiger partial charge >= 0.3 is 0 Å². The van der Waals surface area contributed by atoms with Crippen LogP contribution in [0.25, 0.3) is 0 Å². The van der Waals surface area contributed by atoms with Crippen LogP contribution < -0.4 is 10.6 Å². The van der Waals surface area contributed by atoms with Crippen LogP contribution in [0, 0.1) is 0 Å². The minimum Gasteiger partial charge on any atom is -0.382 e. The third-order valence-corrected chi connectivity index (χ3v) is 2.82. The lowest BCUT2D eigenvalue weighted by molar-refractivity contribution is 0.0733. The maximum absolute atomic E-state index is 5.84. The topological polar surface area (TPSA) is 54.9 Å². The summed E-state index contributed by atoms with van der Waals surface area (Å²) >= 11 is 5.84. The van der Waals surface area contributed by atoms with Crippen LogP contribution in [-0.2, 0) is 16.0 Å². The van der Waals surface area contributed by atoms with Gasteiger partial charge in [0.05, 0.1) is 19.8 Å². The summed E-state index contributed by atoms with van der Waals surface area (Å²) in [6, 6.07) is 7.71. The monoisotopic (exact) mass is 299 g/mol.